The molecular formula is C12H23FO2Si. The Morgan fingerprint density at radius 3 is 2.44 bits per heavy atom. The van der Waals surface area contributed by atoms with Crippen LogP contribution in [-0.4, -0.2) is 26.1 Å². The van der Waals surface area contributed by atoms with Gasteiger partial charge in [0.25, 0.3) is 0 Å². The third-order valence-electron chi connectivity index (χ3n) is 3.70. The van der Waals surface area contributed by atoms with Gasteiger partial charge in [-0.05, 0) is 30.6 Å². The Bertz CT molecular complexity index is 281. The van der Waals surface area contributed by atoms with Gasteiger partial charge in [-0.1, -0.05) is 20.8 Å². The summed E-state index contributed by atoms with van der Waals surface area (Å²) in [5, 5.41) is 9.44. The Hall–Kier alpha value is -0.193. The summed E-state index contributed by atoms with van der Waals surface area (Å²) in [6, 6.07) is 0. The van der Waals surface area contributed by atoms with E-state index in [1.807, 2.05) is 0 Å². The van der Waals surface area contributed by atoms with Gasteiger partial charge >= 0.3 is 0 Å². The second kappa shape index (κ2) is 4.59. The molecule has 2 atom stereocenters. The molecular weight excluding hydrogens is 223 g/mol. The van der Waals surface area contributed by atoms with Gasteiger partial charge in [0.1, 0.15) is 11.9 Å². The fourth-order valence-corrected chi connectivity index (χ4v) is 2.52. The molecule has 0 aromatic heterocycles. The topological polar surface area (TPSA) is 29.5 Å². The first-order chi connectivity index (χ1) is 7.13. The lowest BCUT2D eigenvalue weighted by Crippen LogP contribution is -2.41. The van der Waals surface area contributed by atoms with Crippen LogP contribution in [0.5, 0.6) is 0 Å². The van der Waals surface area contributed by atoms with E-state index in [0.29, 0.717) is 13.0 Å². The minimum absolute atomic E-state index is 0.0316. The number of aliphatic hydroxyl groups is 1. The highest BCUT2D eigenvalue weighted by molar-refractivity contribution is 6.74. The fourth-order valence-electron chi connectivity index (χ4n) is 1.45. The normalized spacial score (nSPS) is 27.1. The molecule has 0 saturated carbocycles. The Balaban J connectivity index is 2.48. The van der Waals surface area contributed by atoms with Crippen LogP contribution in [0.4, 0.5) is 4.39 Å². The first-order valence-electron chi connectivity index (χ1n) is 5.83. The van der Waals surface area contributed by atoms with Crippen LogP contribution in [0, 0.1) is 5.92 Å². The molecule has 0 unspecified atom stereocenters. The lowest BCUT2D eigenvalue weighted by molar-refractivity contribution is 0.161. The predicted octanol–water partition coefficient (Wildman–Crippen LogP) is 3.24. The van der Waals surface area contributed by atoms with E-state index in [4.69, 9.17) is 4.43 Å². The van der Waals surface area contributed by atoms with Gasteiger partial charge in [-0.2, -0.15) is 0 Å². The molecule has 0 aromatic carbocycles. The van der Waals surface area contributed by atoms with Crippen molar-refractivity contribution in [3.05, 3.63) is 11.9 Å². The van der Waals surface area contributed by atoms with Crippen molar-refractivity contribution < 1.29 is 13.9 Å². The maximum absolute atomic E-state index is 13.0. The van der Waals surface area contributed by atoms with Crippen LogP contribution in [0.15, 0.2) is 11.9 Å². The van der Waals surface area contributed by atoms with Crippen molar-refractivity contribution in [3.63, 3.8) is 0 Å². The first-order valence-corrected chi connectivity index (χ1v) is 8.73. The highest BCUT2D eigenvalue weighted by atomic mass is 28.4. The summed E-state index contributed by atoms with van der Waals surface area (Å²) in [7, 11) is -1.75. The zero-order valence-electron chi connectivity index (χ0n) is 10.9. The molecule has 1 aliphatic carbocycles. The van der Waals surface area contributed by atoms with E-state index in [1.165, 1.54) is 6.08 Å². The lowest BCUT2D eigenvalue weighted by Gasteiger charge is -2.36. The third kappa shape index (κ3) is 3.15. The van der Waals surface area contributed by atoms with Crippen LogP contribution in [0.2, 0.25) is 18.1 Å². The van der Waals surface area contributed by atoms with Crippen molar-refractivity contribution in [1.29, 1.82) is 0 Å². The highest BCUT2D eigenvalue weighted by Crippen LogP contribution is 2.37. The fraction of sp³-hybridized carbons (Fsp3) is 0.833. The monoisotopic (exact) mass is 246 g/mol. The van der Waals surface area contributed by atoms with Crippen molar-refractivity contribution in [2.24, 2.45) is 5.92 Å². The predicted molar refractivity (Wildman–Crippen MR) is 66.5 cm³/mol. The molecule has 16 heavy (non-hydrogen) atoms. The van der Waals surface area contributed by atoms with E-state index in [9.17, 15) is 9.50 Å². The smallest absolute Gasteiger partial charge is 0.192 e. The molecule has 0 fully saturated rings. The Morgan fingerprint density at radius 1 is 1.50 bits per heavy atom. The van der Waals surface area contributed by atoms with Gasteiger partial charge in [0.05, 0.1) is 0 Å². The molecule has 94 valence electrons. The second-order valence-corrected chi connectivity index (χ2v) is 10.9. The van der Waals surface area contributed by atoms with Crippen LogP contribution in [0.25, 0.3) is 0 Å². The van der Waals surface area contributed by atoms with Gasteiger partial charge in [-0.25, -0.2) is 4.39 Å². The molecule has 0 saturated heterocycles. The molecule has 0 radical (unpaired) electrons. The van der Waals surface area contributed by atoms with Crippen molar-refractivity contribution in [2.45, 2.75) is 51.4 Å². The number of halogens is 1. The van der Waals surface area contributed by atoms with E-state index < -0.39 is 20.2 Å². The molecule has 0 bridgehead atoms. The summed E-state index contributed by atoms with van der Waals surface area (Å²) in [6.07, 6.45) is 1.05. The molecule has 0 amide bonds. The van der Waals surface area contributed by atoms with Crippen LogP contribution in [0.3, 0.4) is 0 Å². The van der Waals surface area contributed by atoms with Crippen LogP contribution >= 0.6 is 0 Å². The van der Waals surface area contributed by atoms with E-state index in [1.54, 1.807) is 0 Å². The summed E-state index contributed by atoms with van der Waals surface area (Å²) in [5.74, 6) is -0.368. The SMILES string of the molecule is CC(C)(C)[Si](C)(C)OC[C@H]1C=C(F)[C@H](O)C1. The summed E-state index contributed by atoms with van der Waals surface area (Å²) in [6.45, 7) is 11.4. The van der Waals surface area contributed by atoms with E-state index in [2.05, 4.69) is 33.9 Å². The standard InChI is InChI=1S/C12H23FO2Si/c1-12(2,3)16(4,5)15-8-9-6-10(13)11(14)7-9/h6,9,11,14H,7-8H2,1-5H3/t9-,11+/m0/s1. The first kappa shape index (κ1) is 13.9. The van der Waals surface area contributed by atoms with Crippen molar-refractivity contribution in [2.75, 3.05) is 6.61 Å². The van der Waals surface area contributed by atoms with E-state index >= 15 is 0 Å². The van der Waals surface area contributed by atoms with Gasteiger partial charge < -0.3 is 9.53 Å². The molecule has 1 N–H and O–H groups in total. The average molecular weight is 246 g/mol. The maximum Gasteiger partial charge on any atom is 0.192 e. The van der Waals surface area contributed by atoms with Crippen molar-refractivity contribution in [3.8, 4) is 0 Å². The number of rotatable bonds is 3. The molecule has 1 rings (SSSR count). The van der Waals surface area contributed by atoms with Gasteiger partial charge in [0.2, 0.25) is 0 Å². The van der Waals surface area contributed by atoms with Crippen LogP contribution < -0.4 is 0 Å². The zero-order valence-corrected chi connectivity index (χ0v) is 11.9. The quantitative estimate of drug-likeness (QED) is 0.775. The molecule has 0 aromatic rings. The third-order valence-corrected chi connectivity index (χ3v) is 8.20. The summed E-state index contributed by atoms with van der Waals surface area (Å²) in [4.78, 5) is 0. The molecule has 0 heterocycles. The number of hydrogen-bond donors (Lipinski definition) is 1. The van der Waals surface area contributed by atoms with Crippen molar-refractivity contribution in [1.82, 2.24) is 0 Å². The molecule has 0 aliphatic heterocycles. The molecule has 2 nitrogen and oxygen atoms in total. The Labute approximate surface area is 98.6 Å². The minimum Gasteiger partial charge on any atom is -0.416 e. The second-order valence-electron chi connectivity index (χ2n) is 6.13. The average Bonchev–Trinajstić information content (AvgIpc) is 2.41. The highest BCUT2D eigenvalue weighted by Gasteiger charge is 2.38. The van der Waals surface area contributed by atoms with E-state index in [-0.39, 0.29) is 11.0 Å². The van der Waals surface area contributed by atoms with Crippen molar-refractivity contribution >= 4 is 8.32 Å². The molecule has 4 heteroatoms. The van der Waals surface area contributed by atoms with Gasteiger partial charge in [0, 0.05) is 12.5 Å². The largest absolute Gasteiger partial charge is 0.416 e. The van der Waals surface area contributed by atoms with Crippen LogP contribution in [-0.2, 0) is 4.43 Å². The maximum atomic E-state index is 13.0. The van der Waals surface area contributed by atoms with Crippen LogP contribution in [0.1, 0.15) is 27.2 Å². The lowest BCUT2D eigenvalue weighted by atomic mass is 10.1. The number of aliphatic hydroxyl groups excluding tert-OH is 1. The van der Waals surface area contributed by atoms with Gasteiger partial charge in [-0.3, -0.25) is 0 Å². The zero-order chi connectivity index (χ0) is 12.6. The molecule has 0 spiro atoms. The number of hydrogen-bond acceptors (Lipinski definition) is 2. The Kier molecular flexibility index (Phi) is 3.98. The summed E-state index contributed by atoms with van der Waals surface area (Å²) >= 11 is 0. The van der Waals surface area contributed by atoms with Gasteiger partial charge in [-0.15, -0.1) is 0 Å². The van der Waals surface area contributed by atoms with E-state index in [0.717, 1.165) is 0 Å². The molecule has 1 aliphatic rings. The minimum atomic E-state index is -1.75. The Morgan fingerprint density at radius 2 is 2.06 bits per heavy atom. The summed E-state index contributed by atoms with van der Waals surface area (Å²) in [5.41, 5.74) is 0. The summed E-state index contributed by atoms with van der Waals surface area (Å²) < 4.78 is 19.0. The van der Waals surface area contributed by atoms with Gasteiger partial charge in [0.15, 0.2) is 8.32 Å².